The van der Waals surface area contributed by atoms with Gasteiger partial charge in [-0.3, -0.25) is 4.79 Å². The molecule has 244 valence electrons. The number of hydrogen-bond acceptors (Lipinski definition) is 10. The molecule has 0 aromatic carbocycles. The fourth-order valence-electron chi connectivity index (χ4n) is 5.96. The van der Waals surface area contributed by atoms with Crippen molar-refractivity contribution in [2.45, 2.75) is 121 Å². The first kappa shape index (κ1) is 35.6. The molecule has 0 radical (unpaired) electrons. The Morgan fingerprint density at radius 3 is 2.47 bits per heavy atom. The van der Waals surface area contributed by atoms with E-state index < -0.39 is 66.7 Å². The van der Waals surface area contributed by atoms with Gasteiger partial charge in [-0.2, -0.15) is 0 Å². The summed E-state index contributed by atoms with van der Waals surface area (Å²) in [5.41, 5.74) is 1.00. The Labute approximate surface area is 256 Å². The van der Waals surface area contributed by atoms with Crippen molar-refractivity contribution in [3.05, 3.63) is 48.6 Å². The highest BCUT2D eigenvalue weighted by molar-refractivity contribution is 5.73. The molecule has 0 aliphatic carbocycles. The quantitative estimate of drug-likeness (QED) is 0.163. The van der Waals surface area contributed by atoms with Gasteiger partial charge in [0, 0.05) is 46.5 Å². The number of allylic oxidation sites excluding steroid dienone is 4. The Morgan fingerprint density at radius 1 is 1.09 bits per heavy atom. The Hall–Kier alpha value is -1.89. The molecule has 2 bridgehead atoms. The number of unbranched alkanes of at least 4 members (excludes halogenated alkanes) is 1. The third-order valence-corrected chi connectivity index (χ3v) is 8.80. The molecular weight excluding hydrogens is 556 g/mol. The van der Waals surface area contributed by atoms with Gasteiger partial charge in [0.15, 0.2) is 12.1 Å². The number of ether oxygens (including phenoxy) is 7. The standard InChI is InChI=1S/C33H52O10/c1-9-10-11-12-13-14-15-24-16-20(2)17-25(37-6)18-26-21(3)27(19-33(36,43-26)22(4)31(35)41-24)42-32-30(39-8)29(38-7)28(34)23(5)40-32/h9,12-15,17,21-30,32,34,36H,1,10-11,16,18-19H2,2-8H3/b13-12+,15-14+,20-17+/t21-,22-,23+,24+,25-,26+,27+,28+,29-,30-,32+,33+/m1/s1. The van der Waals surface area contributed by atoms with E-state index in [1.54, 1.807) is 21.0 Å². The molecule has 2 saturated heterocycles. The van der Waals surface area contributed by atoms with Crippen LogP contribution in [0.15, 0.2) is 48.6 Å². The van der Waals surface area contributed by atoms with E-state index in [-0.39, 0.29) is 18.4 Å². The molecule has 0 aromatic rings. The average Bonchev–Trinajstić information content (AvgIpc) is 2.97. The second kappa shape index (κ2) is 16.4. The minimum atomic E-state index is -1.88. The number of fused-ring (bicyclic) bond motifs is 2. The molecule has 2 fully saturated rings. The lowest BCUT2D eigenvalue weighted by Crippen LogP contribution is -2.62. The van der Waals surface area contributed by atoms with E-state index in [0.29, 0.717) is 12.8 Å². The van der Waals surface area contributed by atoms with Gasteiger partial charge < -0.3 is 43.4 Å². The largest absolute Gasteiger partial charge is 0.457 e. The highest BCUT2D eigenvalue weighted by atomic mass is 16.7. The fraction of sp³-hybridized carbons (Fsp3) is 0.727. The van der Waals surface area contributed by atoms with Gasteiger partial charge in [-0.05, 0) is 39.7 Å². The molecule has 0 amide bonds. The summed E-state index contributed by atoms with van der Waals surface area (Å²) in [5.74, 6) is -3.69. The number of methoxy groups -OCH3 is 3. The monoisotopic (exact) mass is 608 g/mol. The van der Waals surface area contributed by atoms with Gasteiger partial charge in [-0.15, -0.1) is 6.58 Å². The third-order valence-electron chi connectivity index (χ3n) is 8.80. The van der Waals surface area contributed by atoms with Crippen molar-refractivity contribution in [2.24, 2.45) is 11.8 Å². The summed E-state index contributed by atoms with van der Waals surface area (Å²) in [5, 5.41) is 22.5. The van der Waals surface area contributed by atoms with Gasteiger partial charge in [0.05, 0.1) is 24.4 Å². The van der Waals surface area contributed by atoms with Crippen LogP contribution in [0.5, 0.6) is 0 Å². The zero-order chi connectivity index (χ0) is 31.7. The predicted molar refractivity (Wildman–Crippen MR) is 161 cm³/mol. The van der Waals surface area contributed by atoms with Crippen molar-refractivity contribution in [1.82, 2.24) is 0 Å². The molecule has 3 aliphatic rings. The highest BCUT2D eigenvalue weighted by Gasteiger charge is 2.53. The lowest BCUT2D eigenvalue weighted by Gasteiger charge is -2.50. The lowest BCUT2D eigenvalue weighted by molar-refractivity contribution is -0.354. The first-order valence-electron chi connectivity index (χ1n) is 15.3. The Balaban J connectivity index is 1.90. The molecule has 0 saturated carbocycles. The summed E-state index contributed by atoms with van der Waals surface area (Å²) in [4.78, 5) is 13.5. The summed E-state index contributed by atoms with van der Waals surface area (Å²) >= 11 is 0. The zero-order valence-corrected chi connectivity index (χ0v) is 26.7. The summed E-state index contributed by atoms with van der Waals surface area (Å²) in [6, 6.07) is 0. The van der Waals surface area contributed by atoms with Crippen LogP contribution in [0.4, 0.5) is 0 Å². The van der Waals surface area contributed by atoms with E-state index in [4.69, 9.17) is 33.2 Å². The lowest BCUT2D eigenvalue weighted by atomic mass is 9.81. The van der Waals surface area contributed by atoms with Crippen LogP contribution < -0.4 is 0 Å². The van der Waals surface area contributed by atoms with E-state index >= 15 is 0 Å². The average molecular weight is 609 g/mol. The van der Waals surface area contributed by atoms with Crippen molar-refractivity contribution in [1.29, 1.82) is 0 Å². The molecule has 2 N–H and O–H groups in total. The normalized spacial score (nSPS) is 42.6. The Morgan fingerprint density at radius 2 is 1.81 bits per heavy atom. The maximum Gasteiger partial charge on any atom is 0.314 e. The number of aliphatic hydroxyl groups is 2. The van der Waals surface area contributed by atoms with Crippen LogP contribution in [0.3, 0.4) is 0 Å². The van der Waals surface area contributed by atoms with Crippen molar-refractivity contribution in [3.8, 4) is 0 Å². The molecule has 0 aromatic heterocycles. The van der Waals surface area contributed by atoms with Crippen molar-refractivity contribution in [2.75, 3.05) is 21.3 Å². The molecular formula is C33H52O10. The van der Waals surface area contributed by atoms with Crippen LogP contribution in [0, 0.1) is 11.8 Å². The number of hydrogen-bond donors (Lipinski definition) is 2. The summed E-state index contributed by atoms with van der Waals surface area (Å²) in [6.45, 7) is 11.0. The molecule has 10 nitrogen and oxygen atoms in total. The van der Waals surface area contributed by atoms with Crippen LogP contribution in [0.1, 0.15) is 59.8 Å². The predicted octanol–water partition coefficient (Wildman–Crippen LogP) is 4.00. The number of aliphatic hydroxyl groups excluding tert-OH is 1. The third kappa shape index (κ3) is 9.08. The molecule has 0 spiro atoms. The molecule has 12 atom stereocenters. The zero-order valence-electron chi connectivity index (χ0n) is 26.7. The van der Waals surface area contributed by atoms with Crippen LogP contribution in [0.25, 0.3) is 0 Å². The van der Waals surface area contributed by atoms with Crippen molar-refractivity contribution < 1.29 is 48.2 Å². The van der Waals surface area contributed by atoms with Gasteiger partial charge in [-0.25, -0.2) is 0 Å². The first-order chi connectivity index (χ1) is 20.5. The van der Waals surface area contributed by atoms with Crippen LogP contribution in [-0.4, -0.2) is 98.4 Å². The fourth-order valence-corrected chi connectivity index (χ4v) is 5.96. The number of cyclic esters (lactones) is 1. The maximum absolute atomic E-state index is 13.5. The van der Waals surface area contributed by atoms with Crippen LogP contribution in [-0.2, 0) is 38.0 Å². The van der Waals surface area contributed by atoms with Crippen LogP contribution >= 0.6 is 0 Å². The van der Waals surface area contributed by atoms with Crippen LogP contribution in [0.2, 0.25) is 0 Å². The first-order valence-corrected chi connectivity index (χ1v) is 15.3. The van der Waals surface area contributed by atoms with Gasteiger partial charge >= 0.3 is 5.97 Å². The van der Waals surface area contributed by atoms with Gasteiger partial charge in [0.2, 0.25) is 0 Å². The molecule has 0 unspecified atom stereocenters. The maximum atomic E-state index is 13.5. The SMILES string of the molecule is C=CCC/C=C/C=C/[C@H]1C/C(C)=C/[C@@H](OC)C[C@@H]2O[C@@](O)(C[C@H](O[C@@H]3O[C@@H](C)[C@H](O)[C@@H](OC)[C@H]3OC)[C@@H]2C)[C@H](C)C(=O)O1. The second-order valence-electron chi connectivity index (χ2n) is 11.9. The highest BCUT2D eigenvalue weighted by Crippen LogP contribution is 2.42. The molecule has 3 aliphatic heterocycles. The van der Waals surface area contributed by atoms with Gasteiger partial charge in [-0.1, -0.05) is 42.9 Å². The molecule has 10 heteroatoms. The number of carbonyl (C=O) groups excluding carboxylic acids is 1. The second-order valence-corrected chi connectivity index (χ2v) is 11.9. The number of esters is 1. The number of rotatable bonds is 10. The Kier molecular flexibility index (Phi) is 13.6. The van der Waals surface area contributed by atoms with Gasteiger partial charge in [0.1, 0.15) is 30.3 Å². The molecule has 3 rings (SSSR count). The van der Waals surface area contributed by atoms with E-state index in [0.717, 1.165) is 18.4 Å². The van der Waals surface area contributed by atoms with E-state index in [2.05, 4.69) is 6.58 Å². The minimum absolute atomic E-state index is 0.00905. The topological polar surface area (TPSA) is 122 Å². The van der Waals surface area contributed by atoms with E-state index in [9.17, 15) is 15.0 Å². The molecule has 3 heterocycles. The van der Waals surface area contributed by atoms with Crippen molar-refractivity contribution >= 4 is 5.97 Å². The summed E-state index contributed by atoms with van der Waals surface area (Å²) < 4.78 is 41.8. The summed E-state index contributed by atoms with van der Waals surface area (Å²) in [6.07, 6.45) is 8.47. The summed E-state index contributed by atoms with van der Waals surface area (Å²) in [7, 11) is 4.64. The van der Waals surface area contributed by atoms with Gasteiger partial charge in [0.25, 0.3) is 0 Å². The minimum Gasteiger partial charge on any atom is -0.457 e. The number of carbonyl (C=O) groups is 1. The smallest absolute Gasteiger partial charge is 0.314 e. The molecule has 43 heavy (non-hydrogen) atoms. The van der Waals surface area contributed by atoms with E-state index in [1.807, 2.05) is 50.3 Å². The Bertz CT molecular complexity index is 994. The van der Waals surface area contributed by atoms with E-state index in [1.165, 1.54) is 14.2 Å². The van der Waals surface area contributed by atoms with Crippen molar-refractivity contribution in [3.63, 3.8) is 0 Å².